The molecule has 1 N–H and O–H groups in total. The van der Waals surface area contributed by atoms with Crippen molar-refractivity contribution in [1.82, 2.24) is 19.7 Å². The predicted octanol–water partition coefficient (Wildman–Crippen LogP) is 2.28. The van der Waals surface area contributed by atoms with Gasteiger partial charge in [0, 0.05) is 23.8 Å². The minimum absolute atomic E-state index is 0.166. The number of hydrogen-bond acceptors (Lipinski definition) is 5. The lowest BCUT2D eigenvalue weighted by Gasteiger charge is -2.03. The van der Waals surface area contributed by atoms with Crippen molar-refractivity contribution >= 4 is 21.8 Å². The summed E-state index contributed by atoms with van der Waals surface area (Å²) in [7, 11) is 3.15. The first-order valence-corrected chi connectivity index (χ1v) is 7.29. The molecule has 4 rings (SSSR count). The smallest absolute Gasteiger partial charge is 0.280 e. The Morgan fingerprint density at radius 1 is 1.00 bits per heavy atom. The van der Waals surface area contributed by atoms with Gasteiger partial charge in [-0.25, -0.2) is 9.67 Å². The highest BCUT2D eigenvalue weighted by molar-refractivity contribution is 6.02. The van der Waals surface area contributed by atoms with Gasteiger partial charge in [-0.2, -0.15) is 0 Å². The number of aromatic nitrogens is 4. The molecule has 4 aromatic rings. The van der Waals surface area contributed by atoms with Crippen LogP contribution in [0.25, 0.3) is 27.5 Å². The molecule has 0 unspecified atom stereocenters. The van der Waals surface area contributed by atoms with Crippen molar-refractivity contribution in [3.63, 3.8) is 0 Å². The Kier molecular flexibility index (Phi) is 3.19. The molecule has 0 aliphatic heterocycles. The average Bonchev–Trinajstić information content (AvgIpc) is 2.98. The molecule has 0 spiro atoms. The summed E-state index contributed by atoms with van der Waals surface area (Å²) >= 11 is 0. The lowest BCUT2D eigenvalue weighted by molar-refractivity contribution is 0.398. The third-order valence-corrected chi connectivity index (χ3v) is 3.93. The lowest BCUT2D eigenvalue weighted by Crippen LogP contribution is -2.14. The molecule has 24 heavy (non-hydrogen) atoms. The molecule has 1 aromatic carbocycles. The molecule has 0 amide bonds. The molecule has 0 atom stereocenters. The SMILES string of the molecule is COc1ccc(-n2[nH]c3c(cnc4cc(OC)ncc43)c2=O)cc1. The Morgan fingerprint density at radius 2 is 1.75 bits per heavy atom. The highest BCUT2D eigenvalue weighted by atomic mass is 16.5. The topological polar surface area (TPSA) is 82.0 Å². The van der Waals surface area contributed by atoms with E-state index in [1.54, 1.807) is 44.8 Å². The van der Waals surface area contributed by atoms with E-state index in [1.807, 2.05) is 12.1 Å². The molecule has 0 aliphatic carbocycles. The summed E-state index contributed by atoms with van der Waals surface area (Å²) in [4.78, 5) is 21.2. The number of rotatable bonds is 3. The number of methoxy groups -OCH3 is 2. The fourth-order valence-corrected chi connectivity index (χ4v) is 2.66. The van der Waals surface area contributed by atoms with E-state index in [-0.39, 0.29) is 5.56 Å². The third-order valence-electron chi connectivity index (χ3n) is 3.93. The van der Waals surface area contributed by atoms with Crippen LogP contribution in [-0.4, -0.2) is 34.0 Å². The average molecular weight is 322 g/mol. The zero-order valence-corrected chi connectivity index (χ0v) is 13.1. The molecular formula is C17H14N4O3. The van der Waals surface area contributed by atoms with Crippen molar-refractivity contribution in [3.05, 3.63) is 53.1 Å². The van der Waals surface area contributed by atoms with Gasteiger partial charge in [0.2, 0.25) is 5.88 Å². The van der Waals surface area contributed by atoms with E-state index in [4.69, 9.17) is 9.47 Å². The standard InChI is InChI=1S/C17H14N4O3/c1-23-11-5-3-10(4-6-11)21-17(22)13-9-18-14-7-15(24-2)19-8-12(14)16(13)20-21/h3-9,20H,1-2H3. The maximum atomic E-state index is 12.7. The summed E-state index contributed by atoms with van der Waals surface area (Å²) in [5, 5.41) is 4.41. The fraction of sp³-hybridized carbons (Fsp3) is 0.118. The molecule has 0 aliphatic rings. The van der Waals surface area contributed by atoms with Gasteiger partial charge < -0.3 is 9.47 Å². The highest BCUT2D eigenvalue weighted by Gasteiger charge is 2.13. The summed E-state index contributed by atoms with van der Waals surface area (Å²) in [5.41, 5.74) is 1.94. The second-order valence-corrected chi connectivity index (χ2v) is 5.24. The molecule has 120 valence electrons. The molecule has 0 saturated heterocycles. The zero-order valence-electron chi connectivity index (χ0n) is 13.1. The van der Waals surface area contributed by atoms with Gasteiger partial charge in [0.15, 0.2) is 0 Å². The van der Waals surface area contributed by atoms with Gasteiger partial charge in [-0.05, 0) is 24.3 Å². The van der Waals surface area contributed by atoms with E-state index in [2.05, 4.69) is 15.1 Å². The summed E-state index contributed by atoms with van der Waals surface area (Å²) in [5.74, 6) is 1.21. The first-order chi connectivity index (χ1) is 11.7. The number of fused-ring (bicyclic) bond motifs is 3. The largest absolute Gasteiger partial charge is 0.497 e. The fourth-order valence-electron chi connectivity index (χ4n) is 2.66. The van der Waals surface area contributed by atoms with E-state index >= 15 is 0 Å². The van der Waals surface area contributed by atoms with Crippen LogP contribution in [0.5, 0.6) is 11.6 Å². The Balaban J connectivity index is 1.95. The van der Waals surface area contributed by atoms with Crippen LogP contribution in [0.3, 0.4) is 0 Å². The Hall–Kier alpha value is -3.35. The van der Waals surface area contributed by atoms with Gasteiger partial charge in [0.1, 0.15) is 5.75 Å². The third kappa shape index (κ3) is 2.10. The van der Waals surface area contributed by atoms with Crippen LogP contribution >= 0.6 is 0 Å². The van der Waals surface area contributed by atoms with Crippen LogP contribution in [0.1, 0.15) is 0 Å². The van der Waals surface area contributed by atoms with E-state index in [9.17, 15) is 4.79 Å². The van der Waals surface area contributed by atoms with E-state index in [1.165, 1.54) is 4.68 Å². The van der Waals surface area contributed by atoms with Gasteiger partial charge in [0.05, 0.1) is 36.3 Å². The molecule has 0 saturated carbocycles. The number of aromatic amines is 1. The first-order valence-electron chi connectivity index (χ1n) is 7.29. The molecular weight excluding hydrogens is 308 g/mol. The van der Waals surface area contributed by atoms with Gasteiger partial charge in [-0.1, -0.05) is 0 Å². The van der Waals surface area contributed by atoms with Crippen molar-refractivity contribution in [2.75, 3.05) is 14.2 Å². The molecule has 0 fully saturated rings. The first kappa shape index (κ1) is 14.3. The van der Waals surface area contributed by atoms with Crippen molar-refractivity contribution in [2.24, 2.45) is 0 Å². The number of ether oxygens (including phenoxy) is 2. The minimum atomic E-state index is -0.166. The molecule has 0 bridgehead atoms. The second-order valence-electron chi connectivity index (χ2n) is 5.24. The van der Waals surface area contributed by atoms with Crippen LogP contribution in [0, 0.1) is 0 Å². The van der Waals surface area contributed by atoms with Crippen molar-refractivity contribution in [2.45, 2.75) is 0 Å². The number of nitrogens with zero attached hydrogens (tertiary/aromatic N) is 3. The molecule has 7 nitrogen and oxygen atoms in total. The van der Waals surface area contributed by atoms with Gasteiger partial charge in [-0.15, -0.1) is 0 Å². The summed E-state index contributed by atoms with van der Waals surface area (Å²) < 4.78 is 11.7. The minimum Gasteiger partial charge on any atom is -0.497 e. The summed E-state index contributed by atoms with van der Waals surface area (Å²) in [6.45, 7) is 0. The Bertz CT molecular complexity index is 1100. The number of hydrogen-bond donors (Lipinski definition) is 1. The van der Waals surface area contributed by atoms with Crippen LogP contribution in [0.15, 0.2) is 47.5 Å². The van der Waals surface area contributed by atoms with Crippen LogP contribution in [0.2, 0.25) is 0 Å². The quantitative estimate of drug-likeness (QED) is 0.626. The van der Waals surface area contributed by atoms with E-state index < -0.39 is 0 Å². The highest BCUT2D eigenvalue weighted by Crippen LogP contribution is 2.23. The number of nitrogens with one attached hydrogen (secondary N) is 1. The Morgan fingerprint density at radius 3 is 2.46 bits per heavy atom. The molecule has 3 aromatic heterocycles. The van der Waals surface area contributed by atoms with Gasteiger partial charge in [0.25, 0.3) is 5.56 Å². The van der Waals surface area contributed by atoms with Crippen molar-refractivity contribution in [3.8, 4) is 17.3 Å². The predicted molar refractivity (Wildman–Crippen MR) is 90.1 cm³/mol. The number of H-pyrrole nitrogens is 1. The van der Waals surface area contributed by atoms with E-state index in [0.717, 1.165) is 11.1 Å². The van der Waals surface area contributed by atoms with Crippen LogP contribution in [-0.2, 0) is 0 Å². The lowest BCUT2D eigenvalue weighted by atomic mass is 10.2. The molecule has 3 heterocycles. The number of benzene rings is 1. The zero-order chi connectivity index (χ0) is 16.7. The molecule has 7 heteroatoms. The van der Waals surface area contributed by atoms with Gasteiger partial charge in [-0.3, -0.25) is 14.9 Å². The second kappa shape index (κ2) is 5.38. The van der Waals surface area contributed by atoms with E-state index in [0.29, 0.717) is 28.0 Å². The van der Waals surface area contributed by atoms with Crippen LogP contribution < -0.4 is 15.0 Å². The van der Waals surface area contributed by atoms with Gasteiger partial charge >= 0.3 is 0 Å². The van der Waals surface area contributed by atoms with Crippen molar-refractivity contribution < 1.29 is 9.47 Å². The normalized spacial score (nSPS) is 11.1. The summed E-state index contributed by atoms with van der Waals surface area (Å²) in [6, 6.07) is 8.96. The van der Waals surface area contributed by atoms with Crippen LogP contribution in [0.4, 0.5) is 0 Å². The van der Waals surface area contributed by atoms with Crippen molar-refractivity contribution in [1.29, 1.82) is 0 Å². The monoisotopic (exact) mass is 322 g/mol. The summed E-state index contributed by atoms with van der Waals surface area (Å²) in [6.07, 6.45) is 3.22. The Labute approximate surface area is 136 Å². The number of pyridine rings is 2. The maximum Gasteiger partial charge on any atom is 0.280 e. The molecule has 0 radical (unpaired) electrons. The maximum absolute atomic E-state index is 12.7.